The van der Waals surface area contributed by atoms with Crippen LogP contribution in [-0.4, -0.2) is 37.9 Å². The van der Waals surface area contributed by atoms with Gasteiger partial charge in [-0.15, -0.1) is 0 Å². The number of nitrogens with zero attached hydrogens (tertiary/aromatic N) is 3. The normalized spacial score (nSPS) is 22.2. The number of carbonyl (C=O) groups excluding carboxylic acids is 1. The molecule has 28 heavy (non-hydrogen) atoms. The van der Waals surface area contributed by atoms with Gasteiger partial charge >= 0.3 is 6.03 Å². The molecular weight excluding hydrogens is 390 g/mol. The molecule has 1 unspecified atom stereocenters. The Morgan fingerprint density at radius 2 is 1.96 bits per heavy atom. The van der Waals surface area contributed by atoms with Gasteiger partial charge in [0.1, 0.15) is 17.4 Å². The van der Waals surface area contributed by atoms with Crippen LogP contribution < -0.4 is 4.90 Å². The zero-order valence-corrected chi connectivity index (χ0v) is 19.4. The number of hydrogen-bond donors (Lipinski definition) is 0. The van der Waals surface area contributed by atoms with E-state index in [0.29, 0.717) is 23.7 Å². The second kappa shape index (κ2) is 6.53. The zero-order valence-electron chi connectivity index (χ0n) is 17.7. The van der Waals surface area contributed by atoms with Gasteiger partial charge in [-0.05, 0) is 55.8 Å². The maximum Gasteiger partial charge on any atom is 0.325 e. The molecule has 0 aliphatic carbocycles. The van der Waals surface area contributed by atoms with Gasteiger partial charge in [0.15, 0.2) is 0 Å². The Balaban J connectivity index is 1.94. The molecule has 1 fully saturated rings. The Morgan fingerprint density at radius 1 is 1.32 bits per heavy atom. The third-order valence-electron chi connectivity index (χ3n) is 6.45. The lowest BCUT2D eigenvalue weighted by Crippen LogP contribution is -2.47. The van der Waals surface area contributed by atoms with Crippen LogP contribution in [0.4, 0.5) is 10.5 Å². The van der Waals surface area contributed by atoms with Crippen LogP contribution >= 0.6 is 11.6 Å². The number of amides is 2. The number of hydrogen-bond acceptors (Lipinski definition) is 3. The summed E-state index contributed by atoms with van der Waals surface area (Å²) >= 11 is 6.34. The third kappa shape index (κ3) is 3.01. The van der Waals surface area contributed by atoms with E-state index in [1.165, 1.54) is 0 Å². The molecule has 2 amide bonds. The summed E-state index contributed by atoms with van der Waals surface area (Å²) in [7, 11) is -2.01. The molecule has 0 aromatic heterocycles. The monoisotopic (exact) mass is 417 g/mol. The van der Waals surface area contributed by atoms with Gasteiger partial charge in [-0.3, -0.25) is 4.90 Å². The van der Waals surface area contributed by atoms with Crippen LogP contribution in [0.15, 0.2) is 24.0 Å². The smallest absolute Gasteiger partial charge is 0.325 e. The van der Waals surface area contributed by atoms with E-state index in [0.717, 1.165) is 17.0 Å². The van der Waals surface area contributed by atoms with Crippen molar-refractivity contribution in [3.05, 3.63) is 40.1 Å². The Kier molecular flexibility index (Phi) is 4.84. The van der Waals surface area contributed by atoms with Gasteiger partial charge in [0.2, 0.25) is 8.32 Å². The molecule has 0 spiro atoms. The topological polar surface area (TPSA) is 56.6 Å². The van der Waals surface area contributed by atoms with Crippen molar-refractivity contribution in [2.75, 3.05) is 18.0 Å². The second-order valence-corrected chi connectivity index (χ2v) is 14.5. The summed E-state index contributed by atoms with van der Waals surface area (Å²) in [6, 6.07) is 5.51. The average molecular weight is 418 g/mol. The van der Waals surface area contributed by atoms with Crippen molar-refractivity contribution in [2.45, 2.75) is 58.3 Å². The first-order chi connectivity index (χ1) is 12.8. The van der Waals surface area contributed by atoms with E-state index in [1.807, 2.05) is 17.9 Å². The average Bonchev–Trinajstić information content (AvgIpc) is 3.03. The van der Waals surface area contributed by atoms with Crippen LogP contribution in [0.2, 0.25) is 23.2 Å². The maximum atomic E-state index is 13.2. The minimum Gasteiger partial charge on any atom is -0.545 e. The quantitative estimate of drug-likeness (QED) is 0.615. The summed E-state index contributed by atoms with van der Waals surface area (Å²) in [4.78, 5) is 16.8. The maximum absolute atomic E-state index is 13.2. The number of fused-ring (bicyclic) bond motifs is 1. The summed E-state index contributed by atoms with van der Waals surface area (Å²) in [6.07, 6.45) is 2.05. The molecule has 2 aliphatic rings. The van der Waals surface area contributed by atoms with E-state index in [2.05, 4.69) is 46.9 Å². The van der Waals surface area contributed by atoms with E-state index in [4.69, 9.17) is 16.0 Å². The molecule has 7 heteroatoms. The number of anilines is 1. The van der Waals surface area contributed by atoms with E-state index >= 15 is 0 Å². The van der Waals surface area contributed by atoms with Gasteiger partial charge in [0.05, 0.1) is 22.8 Å². The molecule has 1 saturated heterocycles. The molecule has 1 atom stereocenters. The van der Waals surface area contributed by atoms with E-state index < -0.39 is 13.9 Å². The van der Waals surface area contributed by atoms with Gasteiger partial charge in [0.25, 0.3) is 0 Å². The van der Waals surface area contributed by atoms with Crippen LogP contribution in [0.25, 0.3) is 0 Å². The highest BCUT2D eigenvalue weighted by Crippen LogP contribution is 2.45. The first-order valence-corrected chi connectivity index (χ1v) is 12.8. The highest BCUT2D eigenvalue weighted by Gasteiger charge is 2.55. The summed E-state index contributed by atoms with van der Waals surface area (Å²) in [5.74, 6) is 0.896. The molecule has 5 nitrogen and oxygen atoms in total. The fraction of sp³-hybridized carbons (Fsp3) is 0.524. The third-order valence-corrected chi connectivity index (χ3v) is 11.3. The van der Waals surface area contributed by atoms with Crippen molar-refractivity contribution in [2.24, 2.45) is 0 Å². The van der Waals surface area contributed by atoms with Gasteiger partial charge in [-0.25, -0.2) is 4.79 Å². The summed E-state index contributed by atoms with van der Waals surface area (Å²) < 4.78 is 6.61. The standard InChI is InChI=1S/C21H28ClN3O2Si/c1-14-16(9-8-15(12-23)18(14)22)24-13-21(5)17(10-11-25(21)19(24)26)27-28(6,7)20(2,3)4/h8-10H,11,13H2,1-7H3. The number of nitriles is 1. The van der Waals surface area contributed by atoms with Crippen LogP contribution in [-0.2, 0) is 4.43 Å². The minimum atomic E-state index is -2.01. The van der Waals surface area contributed by atoms with E-state index in [9.17, 15) is 10.1 Å². The lowest BCUT2D eigenvalue weighted by atomic mass is 10.0. The molecule has 2 heterocycles. The molecule has 0 N–H and O–H groups in total. The van der Waals surface area contributed by atoms with E-state index in [1.54, 1.807) is 17.0 Å². The zero-order chi connectivity index (χ0) is 21.1. The number of urea groups is 1. The predicted molar refractivity (Wildman–Crippen MR) is 115 cm³/mol. The number of benzene rings is 1. The largest absolute Gasteiger partial charge is 0.545 e. The summed E-state index contributed by atoms with van der Waals surface area (Å²) in [6.45, 7) is 16.0. The highest BCUT2D eigenvalue weighted by atomic mass is 35.5. The first-order valence-electron chi connectivity index (χ1n) is 9.51. The van der Waals surface area contributed by atoms with E-state index in [-0.39, 0.29) is 11.1 Å². The molecule has 1 aromatic rings. The van der Waals surface area contributed by atoms with Crippen molar-refractivity contribution in [3.8, 4) is 6.07 Å². The Bertz CT molecular complexity index is 913. The van der Waals surface area contributed by atoms with Crippen molar-refractivity contribution < 1.29 is 9.22 Å². The predicted octanol–water partition coefficient (Wildman–Crippen LogP) is 5.44. The van der Waals surface area contributed by atoms with Crippen molar-refractivity contribution in [1.82, 2.24) is 4.90 Å². The molecule has 0 radical (unpaired) electrons. The molecule has 2 aliphatic heterocycles. The Hall–Kier alpha value is -1.97. The van der Waals surface area contributed by atoms with Gasteiger partial charge in [0, 0.05) is 6.54 Å². The summed E-state index contributed by atoms with van der Waals surface area (Å²) in [5, 5.41) is 9.67. The molecule has 1 aromatic carbocycles. The van der Waals surface area contributed by atoms with Crippen LogP contribution in [0, 0.1) is 18.3 Å². The van der Waals surface area contributed by atoms with Crippen LogP contribution in [0.5, 0.6) is 0 Å². The lowest BCUT2D eigenvalue weighted by molar-refractivity contribution is 0.181. The van der Waals surface area contributed by atoms with Gasteiger partial charge < -0.3 is 9.33 Å². The van der Waals surface area contributed by atoms with Crippen molar-refractivity contribution in [1.29, 1.82) is 5.26 Å². The van der Waals surface area contributed by atoms with Crippen LogP contribution in [0.1, 0.15) is 38.8 Å². The number of carbonyl (C=O) groups is 1. The SMILES string of the molecule is Cc1c(N2CC3(C)C(O[Si](C)(C)C(C)(C)C)=CCN3C2=O)ccc(C#N)c1Cl. The van der Waals surface area contributed by atoms with Gasteiger partial charge in [-0.2, -0.15) is 5.26 Å². The van der Waals surface area contributed by atoms with Crippen molar-refractivity contribution in [3.63, 3.8) is 0 Å². The second-order valence-electron chi connectivity index (χ2n) is 9.37. The Morgan fingerprint density at radius 3 is 2.54 bits per heavy atom. The molecule has 0 bridgehead atoms. The highest BCUT2D eigenvalue weighted by molar-refractivity contribution is 6.74. The number of halogens is 1. The Labute approximate surface area is 173 Å². The van der Waals surface area contributed by atoms with Crippen LogP contribution in [0.3, 0.4) is 0 Å². The lowest BCUT2D eigenvalue weighted by Gasteiger charge is -2.40. The molecular formula is C21H28ClN3O2Si. The molecule has 150 valence electrons. The van der Waals surface area contributed by atoms with Crippen molar-refractivity contribution >= 4 is 31.6 Å². The number of rotatable bonds is 3. The summed E-state index contributed by atoms with van der Waals surface area (Å²) in [5.41, 5.74) is 1.41. The first kappa shape index (κ1) is 20.8. The fourth-order valence-corrected chi connectivity index (χ4v) is 4.88. The van der Waals surface area contributed by atoms with Gasteiger partial charge in [-0.1, -0.05) is 32.4 Å². The fourth-order valence-electron chi connectivity index (χ4n) is 3.52. The molecule has 0 saturated carbocycles. The molecule has 3 rings (SSSR count). The minimum absolute atomic E-state index is 0.0588.